The first-order valence-electron chi connectivity index (χ1n) is 7.58. The highest BCUT2D eigenvalue weighted by Gasteiger charge is 2.45. The minimum atomic E-state index is -0.928. The fourth-order valence-electron chi connectivity index (χ4n) is 3.09. The third kappa shape index (κ3) is 2.53. The van der Waals surface area contributed by atoms with Crippen molar-refractivity contribution < 1.29 is 19.2 Å². The molecule has 3 N–H and O–H groups in total. The van der Waals surface area contributed by atoms with Crippen molar-refractivity contribution in [2.24, 2.45) is 5.73 Å². The summed E-state index contributed by atoms with van der Waals surface area (Å²) in [5.74, 6) is -1.92. The van der Waals surface area contributed by atoms with E-state index in [1.807, 2.05) is 0 Å². The van der Waals surface area contributed by atoms with Crippen molar-refractivity contribution >= 4 is 23.6 Å². The van der Waals surface area contributed by atoms with Gasteiger partial charge in [-0.2, -0.15) is 0 Å². The van der Waals surface area contributed by atoms with E-state index >= 15 is 0 Å². The predicted molar refractivity (Wildman–Crippen MR) is 80.5 cm³/mol. The second kappa shape index (κ2) is 5.92. The molecule has 7 nitrogen and oxygen atoms in total. The maximum absolute atomic E-state index is 12.7. The highest BCUT2D eigenvalue weighted by atomic mass is 16.2. The van der Waals surface area contributed by atoms with Gasteiger partial charge in [-0.15, -0.1) is 0 Å². The molecule has 0 bridgehead atoms. The number of piperidine rings is 1. The maximum atomic E-state index is 12.7. The van der Waals surface area contributed by atoms with Crippen LogP contribution in [-0.4, -0.2) is 41.1 Å². The molecule has 3 rings (SSSR count). The Morgan fingerprint density at radius 3 is 2.65 bits per heavy atom. The van der Waals surface area contributed by atoms with E-state index in [0.717, 1.165) is 10.5 Å². The first-order chi connectivity index (χ1) is 11.0. The van der Waals surface area contributed by atoms with Gasteiger partial charge in [0.15, 0.2) is 0 Å². The molecule has 0 aromatic heterocycles. The van der Waals surface area contributed by atoms with Gasteiger partial charge in [0.05, 0.1) is 11.1 Å². The number of carbonyl (C=O) groups excluding carboxylic acids is 4. The number of nitrogens with zero attached hydrogens (tertiary/aromatic N) is 1. The van der Waals surface area contributed by atoms with Gasteiger partial charge in [0, 0.05) is 6.42 Å². The van der Waals surface area contributed by atoms with Crippen molar-refractivity contribution in [2.75, 3.05) is 6.54 Å². The summed E-state index contributed by atoms with van der Waals surface area (Å²) in [4.78, 5) is 49.5. The summed E-state index contributed by atoms with van der Waals surface area (Å²) in [6, 6.07) is 4.19. The highest BCUT2D eigenvalue weighted by molar-refractivity contribution is 6.24. The van der Waals surface area contributed by atoms with Crippen LogP contribution in [0.15, 0.2) is 18.2 Å². The maximum Gasteiger partial charge on any atom is 0.262 e. The van der Waals surface area contributed by atoms with Gasteiger partial charge >= 0.3 is 0 Å². The van der Waals surface area contributed by atoms with E-state index in [1.54, 1.807) is 18.2 Å². The molecule has 7 heteroatoms. The Kier molecular flexibility index (Phi) is 3.96. The summed E-state index contributed by atoms with van der Waals surface area (Å²) < 4.78 is 0. The Bertz CT molecular complexity index is 713. The van der Waals surface area contributed by atoms with E-state index in [9.17, 15) is 19.2 Å². The molecule has 0 saturated carbocycles. The molecule has 2 aliphatic heterocycles. The van der Waals surface area contributed by atoms with Gasteiger partial charge in [0.25, 0.3) is 11.8 Å². The lowest BCUT2D eigenvalue weighted by molar-refractivity contribution is -0.136. The van der Waals surface area contributed by atoms with Crippen LogP contribution in [0.3, 0.4) is 0 Å². The van der Waals surface area contributed by atoms with Gasteiger partial charge in [-0.3, -0.25) is 29.4 Å². The Morgan fingerprint density at radius 2 is 1.96 bits per heavy atom. The van der Waals surface area contributed by atoms with Gasteiger partial charge < -0.3 is 5.73 Å². The minimum absolute atomic E-state index is 0.115. The van der Waals surface area contributed by atoms with E-state index in [2.05, 4.69) is 5.32 Å². The number of carbonyl (C=O) groups is 4. The highest BCUT2D eigenvalue weighted by Crippen LogP contribution is 2.30. The monoisotopic (exact) mass is 315 g/mol. The third-order valence-corrected chi connectivity index (χ3v) is 4.20. The molecule has 0 aliphatic carbocycles. The predicted octanol–water partition coefficient (Wildman–Crippen LogP) is -0.0209. The molecule has 1 unspecified atom stereocenters. The SMILES string of the molecule is NCCCc1cccc2c1C(=O)N(C1CCC(=O)NC1=O)C2=O. The quantitative estimate of drug-likeness (QED) is 0.759. The van der Waals surface area contributed by atoms with Crippen LogP contribution in [0.2, 0.25) is 0 Å². The molecule has 1 aromatic rings. The molecule has 23 heavy (non-hydrogen) atoms. The van der Waals surface area contributed by atoms with Gasteiger partial charge in [-0.1, -0.05) is 12.1 Å². The average molecular weight is 315 g/mol. The van der Waals surface area contributed by atoms with E-state index in [1.165, 1.54) is 0 Å². The Hall–Kier alpha value is -2.54. The van der Waals surface area contributed by atoms with E-state index in [0.29, 0.717) is 30.5 Å². The Balaban J connectivity index is 1.94. The zero-order chi connectivity index (χ0) is 16.6. The summed E-state index contributed by atoms with van der Waals surface area (Å²) in [6.07, 6.45) is 1.58. The molecule has 0 radical (unpaired) electrons. The van der Waals surface area contributed by atoms with E-state index in [4.69, 9.17) is 5.73 Å². The molecular weight excluding hydrogens is 298 g/mol. The first-order valence-corrected chi connectivity index (χ1v) is 7.58. The smallest absolute Gasteiger partial charge is 0.262 e. The summed E-state index contributed by atoms with van der Waals surface area (Å²) in [6.45, 7) is 0.489. The van der Waals surface area contributed by atoms with Crippen LogP contribution in [0.5, 0.6) is 0 Å². The van der Waals surface area contributed by atoms with Crippen molar-refractivity contribution in [1.29, 1.82) is 0 Å². The van der Waals surface area contributed by atoms with Crippen molar-refractivity contribution in [3.05, 3.63) is 34.9 Å². The summed E-state index contributed by atoms with van der Waals surface area (Å²) in [5.41, 5.74) is 6.95. The molecule has 2 heterocycles. The van der Waals surface area contributed by atoms with Crippen LogP contribution in [0.25, 0.3) is 0 Å². The first kappa shape index (κ1) is 15.4. The summed E-state index contributed by atoms with van der Waals surface area (Å²) >= 11 is 0. The normalized spacial score (nSPS) is 20.7. The van der Waals surface area contributed by atoms with Crippen molar-refractivity contribution in [2.45, 2.75) is 31.7 Å². The van der Waals surface area contributed by atoms with Gasteiger partial charge in [-0.05, 0) is 37.4 Å². The van der Waals surface area contributed by atoms with Crippen LogP contribution in [0.1, 0.15) is 45.5 Å². The summed E-state index contributed by atoms with van der Waals surface area (Å²) in [7, 11) is 0. The molecule has 1 atom stereocenters. The standard InChI is InChI=1S/C16H17N3O4/c17-8-2-4-9-3-1-5-10-13(9)16(23)19(15(10)22)11-6-7-12(20)18-14(11)21/h1,3,5,11H,2,4,6-8,17H2,(H,18,20,21). The average Bonchev–Trinajstić information content (AvgIpc) is 2.78. The molecule has 0 spiro atoms. The fraction of sp³-hybridized carbons (Fsp3) is 0.375. The number of amides is 4. The third-order valence-electron chi connectivity index (χ3n) is 4.20. The van der Waals surface area contributed by atoms with Gasteiger partial charge in [0.1, 0.15) is 6.04 Å². The Labute approximate surface area is 132 Å². The van der Waals surface area contributed by atoms with Crippen LogP contribution >= 0.6 is 0 Å². The number of aryl methyl sites for hydroxylation is 1. The van der Waals surface area contributed by atoms with Crippen LogP contribution in [0.4, 0.5) is 0 Å². The van der Waals surface area contributed by atoms with Crippen LogP contribution in [-0.2, 0) is 16.0 Å². The summed E-state index contributed by atoms with van der Waals surface area (Å²) in [5, 5.41) is 2.18. The second-order valence-corrected chi connectivity index (χ2v) is 5.68. The zero-order valence-electron chi connectivity index (χ0n) is 12.5. The van der Waals surface area contributed by atoms with Crippen molar-refractivity contribution in [3.63, 3.8) is 0 Å². The molecule has 1 aromatic carbocycles. The zero-order valence-corrected chi connectivity index (χ0v) is 12.5. The number of benzene rings is 1. The van der Waals surface area contributed by atoms with Crippen LogP contribution in [0, 0.1) is 0 Å². The molecule has 120 valence electrons. The number of rotatable bonds is 4. The number of hydrogen-bond acceptors (Lipinski definition) is 5. The van der Waals surface area contributed by atoms with E-state index in [-0.39, 0.29) is 18.7 Å². The number of fused-ring (bicyclic) bond motifs is 1. The lowest BCUT2D eigenvalue weighted by Crippen LogP contribution is -2.54. The largest absolute Gasteiger partial charge is 0.330 e. The molecular formula is C16H17N3O4. The number of nitrogens with one attached hydrogen (secondary N) is 1. The lowest BCUT2D eigenvalue weighted by Gasteiger charge is -2.27. The molecule has 1 saturated heterocycles. The van der Waals surface area contributed by atoms with Crippen LogP contribution < -0.4 is 11.1 Å². The van der Waals surface area contributed by atoms with Gasteiger partial charge in [0.2, 0.25) is 11.8 Å². The van der Waals surface area contributed by atoms with Crippen molar-refractivity contribution in [3.8, 4) is 0 Å². The Morgan fingerprint density at radius 1 is 1.17 bits per heavy atom. The van der Waals surface area contributed by atoms with Gasteiger partial charge in [-0.25, -0.2) is 0 Å². The number of imide groups is 2. The minimum Gasteiger partial charge on any atom is -0.330 e. The molecule has 2 aliphatic rings. The van der Waals surface area contributed by atoms with E-state index < -0.39 is 23.8 Å². The second-order valence-electron chi connectivity index (χ2n) is 5.68. The molecule has 4 amide bonds. The number of nitrogens with two attached hydrogens (primary N) is 1. The number of hydrogen-bond donors (Lipinski definition) is 2. The molecule has 1 fully saturated rings. The van der Waals surface area contributed by atoms with Crippen molar-refractivity contribution in [1.82, 2.24) is 10.2 Å². The fourth-order valence-corrected chi connectivity index (χ4v) is 3.09. The lowest BCUT2D eigenvalue weighted by atomic mass is 9.99. The topological polar surface area (TPSA) is 110 Å².